The molecule has 0 aromatic heterocycles. The molecule has 1 aromatic rings. The van der Waals surface area contributed by atoms with Crippen molar-refractivity contribution in [1.29, 1.82) is 0 Å². The fraction of sp³-hybridized carbons (Fsp3) is 0.200. The van der Waals surface area contributed by atoms with Crippen molar-refractivity contribution in [2.75, 3.05) is 0 Å². The van der Waals surface area contributed by atoms with Gasteiger partial charge in [0.05, 0.1) is 11.0 Å². The molecule has 1 rings (SSSR count). The van der Waals surface area contributed by atoms with Crippen LogP contribution in [0.1, 0.15) is 5.56 Å². The Balaban J connectivity index is 2.85. The van der Waals surface area contributed by atoms with E-state index in [0.29, 0.717) is 6.42 Å². The van der Waals surface area contributed by atoms with Gasteiger partial charge in [0.25, 0.3) is 5.69 Å². The van der Waals surface area contributed by atoms with E-state index in [2.05, 4.69) is 5.92 Å². The first-order valence-corrected chi connectivity index (χ1v) is 4.08. The summed E-state index contributed by atoms with van der Waals surface area (Å²) in [5.74, 6) is 2.37. The van der Waals surface area contributed by atoms with E-state index in [1.165, 1.54) is 12.1 Å². The zero-order valence-corrected chi connectivity index (χ0v) is 7.51. The molecule has 4 nitrogen and oxygen atoms in total. The lowest BCUT2D eigenvalue weighted by atomic mass is 10.1. The molecule has 0 aliphatic heterocycles. The fourth-order valence-corrected chi connectivity index (χ4v) is 1.11. The van der Waals surface area contributed by atoms with E-state index in [-0.39, 0.29) is 5.69 Å². The van der Waals surface area contributed by atoms with E-state index in [9.17, 15) is 10.1 Å². The standard InChI is InChI=1S/C10H10N2O2/c1-2-9(11)6-8-4-3-5-10(7-8)12(13)14/h1,3-5,7,9H,6,11H2. The van der Waals surface area contributed by atoms with Crippen LogP contribution in [0.25, 0.3) is 0 Å². The summed E-state index contributed by atoms with van der Waals surface area (Å²) >= 11 is 0. The zero-order chi connectivity index (χ0) is 10.6. The number of hydrogen-bond donors (Lipinski definition) is 1. The Kier molecular flexibility index (Phi) is 3.21. The van der Waals surface area contributed by atoms with Crippen LogP contribution in [0.2, 0.25) is 0 Å². The molecule has 0 aliphatic carbocycles. The number of nitrogens with two attached hydrogens (primary N) is 1. The number of hydrogen-bond acceptors (Lipinski definition) is 3. The Hall–Kier alpha value is -1.86. The number of nitro groups is 1. The first-order chi connectivity index (χ1) is 6.63. The molecular weight excluding hydrogens is 180 g/mol. The van der Waals surface area contributed by atoms with Crippen molar-refractivity contribution in [2.45, 2.75) is 12.5 Å². The highest BCUT2D eigenvalue weighted by Gasteiger charge is 2.07. The molecule has 2 N–H and O–H groups in total. The lowest BCUT2D eigenvalue weighted by Gasteiger charge is -2.03. The van der Waals surface area contributed by atoms with Gasteiger partial charge in [0.1, 0.15) is 0 Å². The number of terminal acetylenes is 1. The molecule has 1 unspecified atom stereocenters. The third-order valence-electron chi connectivity index (χ3n) is 1.79. The van der Waals surface area contributed by atoms with Crippen LogP contribution >= 0.6 is 0 Å². The van der Waals surface area contributed by atoms with Gasteiger partial charge in [-0.3, -0.25) is 10.1 Å². The maximum atomic E-state index is 10.4. The van der Waals surface area contributed by atoms with Gasteiger partial charge in [-0.15, -0.1) is 6.42 Å². The molecule has 0 saturated carbocycles. The van der Waals surface area contributed by atoms with Crippen molar-refractivity contribution in [3.63, 3.8) is 0 Å². The molecule has 0 saturated heterocycles. The summed E-state index contributed by atoms with van der Waals surface area (Å²) in [5, 5.41) is 10.4. The molecule has 0 aliphatic rings. The summed E-state index contributed by atoms with van der Waals surface area (Å²) in [7, 11) is 0. The molecule has 14 heavy (non-hydrogen) atoms. The van der Waals surface area contributed by atoms with Gasteiger partial charge in [0.15, 0.2) is 0 Å². The van der Waals surface area contributed by atoms with Gasteiger partial charge in [-0.25, -0.2) is 0 Å². The molecular formula is C10H10N2O2. The minimum absolute atomic E-state index is 0.0618. The summed E-state index contributed by atoms with van der Waals surface area (Å²) in [6, 6.07) is 5.92. The van der Waals surface area contributed by atoms with Crippen molar-refractivity contribution in [3.8, 4) is 12.3 Å². The summed E-state index contributed by atoms with van der Waals surface area (Å²) < 4.78 is 0. The van der Waals surface area contributed by atoms with Crippen LogP contribution in [0.5, 0.6) is 0 Å². The van der Waals surface area contributed by atoms with Crippen LogP contribution in [-0.4, -0.2) is 11.0 Å². The number of non-ortho nitro benzene ring substituents is 1. The van der Waals surface area contributed by atoms with E-state index in [4.69, 9.17) is 12.2 Å². The van der Waals surface area contributed by atoms with Gasteiger partial charge in [-0.1, -0.05) is 18.1 Å². The van der Waals surface area contributed by atoms with Crippen LogP contribution < -0.4 is 5.73 Å². The second-order valence-electron chi connectivity index (χ2n) is 2.90. The predicted molar refractivity (Wildman–Crippen MR) is 53.6 cm³/mol. The Morgan fingerprint density at radius 1 is 1.64 bits per heavy atom. The van der Waals surface area contributed by atoms with Crippen LogP contribution in [0.4, 0.5) is 5.69 Å². The van der Waals surface area contributed by atoms with Crippen LogP contribution in [0.15, 0.2) is 24.3 Å². The molecule has 0 spiro atoms. The van der Waals surface area contributed by atoms with Gasteiger partial charge in [-0.05, 0) is 12.0 Å². The number of rotatable bonds is 3. The molecule has 0 heterocycles. The molecule has 0 bridgehead atoms. The maximum absolute atomic E-state index is 10.4. The molecule has 0 fully saturated rings. The highest BCUT2D eigenvalue weighted by Crippen LogP contribution is 2.13. The Morgan fingerprint density at radius 3 is 2.93 bits per heavy atom. The van der Waals surface area contributed by atoms with Crippen LogP contribution in [-0.2, 0) is 6.42 Å². The normalized spacial score (nSPS) is 11.7. The fourth-order valence-electron chi connectivity index (χ4n) is 1.11. The van der Waals surface area contributed by atoms with Gasteiger partial charge in [0.2, 0.25) is 0 Å². The predicted octanol–water partition coefficient (Wildman–Crippen LogP) is 1.10. The quantitative estimate of drug-likeness (QED) is 0.440. The highest BCUT2D eigenvalue weighted by molar-refractivity contribution is 5.35. The molecule has 4 heteroatoms. The van der Waals surface area contributed by atoms with Gasteiger partial charge in [-0.2, -0.15) is 0 Å². The van der Waals surface area contributed by atoms with E-state index in [0.717, 1.165) is 5.56 Å². The Labute approximate surface area is 81.9 Å². The lowest BCUT2D eigenvalue weighted by molar-refractivity contribution is -0.384. The maximum Gasteiger partial charge on any atom is 0.269 e. The van der Waals surface area contributed by atoms with Crippen molar-refractivity contribution < 1.29 is 4.92 Å². The number of nitrogens with zero attached hydrogens (tertiary/aromatic N) is 1. The van der Waals surface area contributed by atoms with Crippen molar-refractivity contribution in [2.24, 2.45) is 5.73 Å². The Bertz CT molecular complexity index is 382. The lowest BCUT2D eigenvalue weighted by Crippen LogP contribution is -2.20. The van der Waals surface area contributed by atoms with Crippen LogP contribution in [0, 0.1) is 22.5 Å². The first-order valence-electron chi connectivity index (χ1n) is 4.08. The average Bonchev–Trinajstić information content (AvgIpc) is 2.18. The van der Waals surface area contributed by atoms with Gasteiger partial charge >= 0.3 is 0 Å². The van der Waals surface area contributed by atoms with E-state index >= 15 is 0 Å². The SMILES string of the molecule is C#CC(N)Cc1cccc([N+](=O)[O-])c1. The van der Waals surface area contributed by atoms with E-state index in [1.807, 2.05) is 0 Å². The topological polar surface area (TPSA) is 69.2 Å². The summed E-state index contributed by atoms with van der Waals surface area (Å²) in [5.41, 5.74) is 6.37. The Morgan fingerprint density at radius 2 is 2.36 bits per heavy atom. The molecule has 1 atom stereocenters. The summed E-state index contributed by atoms with van der Waals surface area (Å²) in [6.07, 6.45) is 5.57. The second kappa shape index (κ2) is 4.40. The van der Waals surface area contributed by atoms with Crippen molar-refractivity contribution in [1.82, 2.24) is 0 Å². The third-order valence-corrected chi connectivity index (χ3v) is 1.79. The number of benzene rings is 1. The minimum atomic E-state index is -0.440. The zero-order valence-electron chi connectivity index (χ0n) is 7.51. The van der Waals surface area contributed by atoms with E-state index < -0.39 is 11.0 Å². The average molecular weight is 190 g/mol. The van der Waals surface area contributed by atoms with Gasteiger partial charge in [0, 0.05) is 12.1 Å². The summed E-state index contributed by atoms with van der Waals surface area (Å²) in [6.45, 7) is 0. The molecule has 0 radical (unpaired) electrons. The first kappa shape index (κ1) is 10.2. The number of nitro benzene ring substituents is 1. The van der Waals surface area contributed by atoms with Crippen molar-refractivity contribution >= 4 is 5.69 Å². The smallest absolute Gasteiger partial charge is 0.269 e. The molecule has 0 amide bonds. The van der Waals surface area contributed by atoms with E-state index in [1.54, 1.807) is 12.1 Å². The summed E-state index contributed by atoms with van der Waals surface area (Å²) in [4.78, 5) is 10.0. The third kappa shape index (κ3) is 2.57. The highest BCUT2D eigenvalue weighted by atomic mass is 16.6. The van der Waals surface area contributed by atoms with Gasteiger partial charge < -0.3 is 5.73 Å². The van der Waals surface area contributed by atoms with Crippen LogP contribution in [0.3, 0.4) is 0 Å². The largest absolute Gasteiger partial charge is 0.317 e. The minimum Gasteiger partial charge on any atom is -0.317 e. The second-order valence-corrected chi connectivity index (χ2v) is 2.90. The monoisotopic (exact) mass is 190 g/mol. The van der Waals surface area contributed by atoms with Crippen molar-refractivity contribution in [3.05, 3.63) is 39.9 Å². The molecule has 72 valence electrons. The molecule has 1 aromatic carbocycles.